The molecule has 4 N–H and O–H groups in total. The van der Waals surface area contributed by atoms with Crippen LogP contribution in [0.1, 0.15) is 31.2 Å². The highest BCUT2D eigenvalue weighted by atomic mass is 32.2. The van der Waals surface area contributed by atoms with Gasteiger partial charge >= 0.3 is 0 Å². The molecule has 0 bridgehead atoms. The van der Waals surface area contributed by atoms with Crippen LogP contribution >= 0.6 is 0 Å². The molecule has 1 aliphatic carbocycles. The fraction of sp³-hybridized carbons (Fsp3) is 0.600. The number of hydrogen-bond donors (Lipinski definition) is 3. The molecule has 1 aromatic carbocycles. The molecule has 1 aromatic rings. The molecule has 9 nitrogen and oxygen atoms in total. The topological polar surface area (TPSA) is 126 Å². The van der Waals surface area contributed by atoms with Crippen LogP contribution in [0.2, 0.25) is 0 Å². The van der Waals surface area contributed by atoms with E-state index in [1.165, 1.54) is 23.5 Å². The normalized spacial score (nSPS) is 15.9. The molecule has 0 radical (unpaired) electrons. The Labute approximate surface area is 179 Å². The molecule has 0 aromatic heterocycles. The summed E-state index contributed by atoms with van der Waals surface area (Å²) in [5.74, 6) is 0.490. The van der Waals surface area contributed by atoms with E-state index in [9.17, 15) is 13.2 Å². The van der Waals surface area contributed by atoms with Crippen LogP contribution in [0.3, 0.4) is 0 Å². The number of carbonyl (C=O) groups excluding carboxylic acids is 1. The molecule has 30 heavy (non-hydrogen) atoms. The average molecular weight is 440 g/mol. The Balaban J connectivity index is 2.05. The number of ether oxygens (including phenoxy) is 1. The van der Waals surface area contributed by atoms with Crippen LogP contribution in [0, 0.1) is 5.41 Å². The van der Waals surface area contributed by atoms with Crippen LogP contribution < -0.4 is 15.8 Å². The van der Waals surface area contributed by atoms with E-state index < -0.39 is 10.0 Å². The van der Waals surface area contributed by atoms with E-state index >= 15 is 0 Å². The maximum Gasteiger partial charge on any atom is 0.241 e. The van der Waals surface area contributed by atoms with Crippen molar-refractivity contribution >= 4 is 21.9 Å². The van der Waals surface area contributed by atoms with Crippen LogP contribution in [0.25, 0.3) is 0 Å². The van der Waals surface area contributed by atoms with Crippen LogP contribution in [0.4, 0.5) is 0 Å². The summed E-state index contributed by atoms with van der Waals surface area (Å²) in [6.07, 6.45) is 4.47. The summed E-state index contributed by atoms with van der Waals surface area (Å²) < 4.78 is 28.0. The highest BCUT2D eigenvalue weighted by Crippen LogP contribution is 2.43. The number of nitrogens with zero attached hydrogens (tertiary/aromatic N) is 2. The number of methoxy groups -OCH3 is 1. The van der Waals surface area contributed by atoms with Gasteiger partial charge in [0.05, 0.1) is 18.0 Å². The number of nitrogens with two attached hydrogens (primary N) is 1. The molecule has 0 heterocycles. The summed E-state index contributed by atoms with van der Waals surface area (Å²) in [4.78, 5) is 18.1. The van der Waals surface area contributed by atoms with Gasteiger partial charge in [-0.3, -0.25) is 4.79 Å². The minimum Gasteiger partial charge on any atom is -0.385 e. The molecule has 1 amide bonds. The zero-order valence-electron chi connectivity index (χ0n) is 18.0. The lowest BCUT2D eigenvalue weighted by molar-refractivity contribution is -0.127. The molecule has 10 heteroatoms. The third-order valence-corrected chi connectivity index (χ3v) is 6.39. The number of rotatable bonds is 10. The predicted molar refractivity (Wildman–Crippen MR) is 116 cm³/mol. The van der Waals surface area contributed by atoms with Crippen molar-refractivity contribution in [1.29, 1.82) is 0 Å². The standard InChI is InChI=1S/C20H33N5O4S/c1-25(2)18(26)14-23-19(24-15-20(9-4-10-20)11-12-29-3)22-13-16-5-7-17(8-6-16)30(21,27)28/h5-8H,4,9-15H2,1-3H3,(H2,21,27,28)(H2,22,23,24). The number of sulfonamides is 1. The molecule has 0 saturated heterocycles. The first kappa shape index (κ1) is 24.1. The van der Waals surface area contributed by atoms with Gasteiger partial charge in [0.2, 0.25) is 15.9 Å². The fourth-order valence-electron chi connectivity index (χ4n) is 3.23. The zero-order chi connectivity index (χ0) is 22.2. The van der Waals surface area contributed by atoms with Crippen molar-refractivity contribution in [2.75, 3.05) is 40.9 Å². The first-order valence-corrected chi connectivity index (χ1v) is 11.5. The summed E-state index contributed by atoms with van der Waals surface area (Å²) in [6.45, 7) is 1.94. The van der Waals surface area contributed by atoms with Crippen LogP contribution in [0.15, 0.2) is 34.2 Å². The van der Waals surface area contributed by atoms with E-state index in [2.05, 4.69) is 15.6 Å². The van der Waals surface area contributed by atoms with Gasteiger partial charge in [0.25, 0.3) is 0 Å². The zero-order valence-corrected chi connectivity index (χ0v) is 18.8. The summed E-state index contributed by atoms with van der Waals surface area (Å²) in [6, 6.07) is 6.28. The lowest BCUT2D eigenvalue weighted by Gasteiger charge is -2.42. The van der Waals surface area contributed by atoms with Gasteiger partial charge < -0.3 is 20.3 Å². The van der Waals surface area contributed by atoms with Crippen molar-refractivity contribution in [2.45, 2.75) is 37.1 Å². The highest BCUT2D eigenvalue weighted by Gasteiger charge is 2.36. The quantitative estimate of drug-likeness (QED) is 0.363. The lowest BCUT2D eigenvalue weighted by atomic mass is 9.67. The van der Waals surface area contributed by atoms with Crippen LogP contribution in [0.5, 0.6) is 0 Å². The Morgan fingerprint density at radius 1 is 1.23 bits per heavy atom. The second-order valence-corrected chi connectivity index (χ2v) is 9.51. The Hall–Kier alpha value is -2.17. The van der Waals surface area contributed by atoms with E-state index in [-0.39, 0.29) is 22.8 Å². The molecule has 0 aliphatic heterocycles. The largest absolute Gasteiger partial charge is 0.385 e. The fourth-order valence-corrected chi connectivity index (χ4v) is 3.74. The third-order valence-electron chi connectivity index (χ3n) is 5.46. The van der Waals surface area contributed by atoms with E-state index in [4.69, 9.17) is 9.88 Å². The van der Waals surface area contributed by atoms with Gasteiger partial charge in [0, 0.05) is 34.4 Å². The second-order valence-electron chi connectivity index (χ2n) is 7.95. The molecular formula is C20H33N5O4S. The minimum absolute atomic E-state index is 0.0558. The smallest absolute Gasteiger partial charge is 0.241 e. The Bertz CT molecular complexity index is 833. The number of primary sulfonamides is 1. The van der Waals surface area contributed by atoms with Gasteiger partial charge in [-0.1, -0.05) is 18.6 Å². The van der Waals surface area contributed by atoms with Crippen molar-refractivity contribution < 1.29 is 17.9 Å². The highest BCUT2D eigenvalue weighted by molar-refractivity contribution is 7.89. The van der Waals surface area contributed by atoms with Crippen molar-refractivity contribution in [1.82, 2.24) is 15.5 Å². The number of amides is 1. The molecule has 1 fully saturated rings. The van der Waals surface area contributed by atoms with Crippen molar-refractivity contribution in [3.63, 3.8) is 0 Å². The molecule has 1 saturated carbocycles. The van der Waals surface area contributed by atoms with Gasteiger partial charge in [-0.15, -0.1) is 0 Å². The summed E-state index contributed by atoms with van der Waals surface area (Å²) in [5, 5.41) is 11.6. The van der Waals surface area contributed by atoms with E-state index in [0.717, 1.165) is 38.0 Å². The molecule has 1 aliphatic rings. The number of aliphatic imine (C=N–C) groups is 1. The summed E-state index contributed by atoms with van der Waals surface area (Å²) in [7, 11) is 1.40. The third kappa shape index (κ3) is 7.26. The van der Waals surface area contributed by atoms with E-state index in [1.54, 1.807) is 33.3 Å². The van der Waals surface area contributed by atoms with E-state index in [0.29, 0.717) is 12.5 Å². The SMILES string of the molecule is COCCC1(CNC(=NCc2ccc(S(N)(=O)=O)cc2)NCC(=O)N(C)C)CCC1. The average Bonchev–Trinajstić information content (AvgIpc) is 2.67. The summed E-state index contributed by atoms with van der Waals surface area (Å²) >= 11 is 0. The van der Waals surface area contributed by atoms with Gasteiger partial charge in [-0.25, -0.2) is 18.5 Å². The number of benzene rings is 1. The molecular weight excluding hydrogens is 406 g/mol. The molecule has 0 unspecified atom stereocenters. The Morgan fingerprint density at radius 2 is 1.90 bits per heavy atom. The number of guanidine groups is 1. The number of likely N-dealkylation sites (N-methyl/N-ethyl adjacent to an activating group) is 1. The first-order valence-electron chi connectivity index (χ1n) is 9.98. The van der Waals surface area contributed by atoms with Crippen LogP contribution in [-0.4, -0.2) is 66.1 Å². The van der Waals surface area contributed by atoms with E-state index in [1.807, 2.05) is 0 Å². The minimum atomic E-state index is -3.72. The maximum absolute atomic E-state index is 12.0. The Kier molecular flexibility index (Phi) is 8.63. The predicted octanol–water partition coefficient (Wildman–Crippen LogP) is 0.664. The van der Waals surface area contributed by atoms with Crippen LogP contribution in [-0.2, 0) is 26.1 Å². The molecule has 0 spiro atoms. The van der Waals surface area contributed by atoms with Gasteiger partial charge in [0.15, 0.2) is 5.96 Å². The molecule has 2 rings (SSSR count). The number of nitrogens with one attached hydrogen (secondary N) is 2. The first-order chi connectivity index (χ1) is 14.1. The van der Waals surface area contributed by atoms with Crippen molar-refractivity contribution in [2.24, 2.45) is 15.5 Å². The second kappa shape index (κ2) is 10.7. The lowest BCUT2D eigenvalue weighted by Crippen LogP contribution is -2.48. The Morgan fingerprint density at radius 3 is 2.40 bits per heavy atom. The maximum atomic E-state index is 12.0. The molecule has 168 valence electrons. The summed E-state index contributed by atoms with van der Waals surface area (Å²) in [5.41, 5.74) is 1.03. The van der Waals surface area contributed by atoms with Crippen molar-refractivity contribution in [3.05, 3.63) is 29.8 Å². The van der Waals surface area contributed by atoms with Gasteiger partial charge in [-0.2, -0.15) is 0 Å². The van der Waals surface area contributed by atoms with Crippen molar-refractivity contribution in [3.8, 4) is 0 Å². The monoisotopic (exact) mass is 439 g/mol. The number of carbonyl (C=O) groups is 1. The van der Waals surface area contributed by atoms with Gasteiger partial charge in [-0.05, 0) is 42.4 Å². The number of hydrogen-bond acceptors (Lipinski definition) is 5. The molecule has 0 atom stereocenters. The van der Waals surface area contributed by atoms with Gasteiger partial charge in [0.1, 0.15) is 0 Å².